The summed E-state index contributed by atoms with van der Waals surface area (Å²) >= 11 is 0. The van der Waals surface area contributed by atoms with E-state index in [1.54, 1.807) is 7.05 Å². The highest BCUT2D eigenvalue weighted by Gasteiger charge is 2.15. The zero-order valence-corrected chi connectivity index (χ0v) is 8.35. The van der Waals surface area contributed by atoms with Gasteiger partial charge in [-0.25, -0.2) is 9.59 Å². The number of benzene rings is 1. The fourth-order valence-electron chi connectivity index (χ4n) is 1.50. The van der Waals surface area contributed by atoms with Gasteiger partial charge in [-0.05, 0) is 18.2 Å². The normalized spacial score (nSPS) is 10.6. The number of rotatable bonds is 2. The number of nitrogens with one attached hydrogen (secondary N) is 1. The molecule has 16 heavy (non-hydrogen) atoms. The van der Waals surface area contributed by atoms with E-state index < -0.39 is 11.8 Å². The molecule has 0 fully saturated rings. The van der Waals surface area contributed by atoms with Crippen LogP contribution in [0.4, 0.5) is 0 Å². The molecule has 1 aromatic heterocycles. The van der Waals surface area contributed by atoms with Gasteiger partial charge in [-0.1, -0.05) is 0 Å². The van der Waals surface area contributed by atoms with Crippen LogP contribution in [0.3, 0.4) is 0 Å². The highest BCUT2D eigenvalue weighted by molar-refractivity contribution is 6.40. The van der Waals surface area contributed by atoms with E-state index in [-0.39, 0.29) is 11.3 Å². The number of aromatic nitrogens is 2. The predicted molar refractivity (Wildman–Crippen MR) is 55.5 cm³/mol. The number of Topliss-reactive ketones (excluding diaryl/α,β-unsaturated/α-hetero) is 1. The highest BCUT2D eigenvalue weighted by Crippen LogP contribution is 2.12. The average Bonchev–Trinajstić information content (AvgIpc) is 2.53. The van der Waals surface area contributed by atoms with E-state index >= 15 is 0 Å². The Labute approximate surface area is 89.1 Å². The van der Waals surface area contributed by atoms with Crippen LogP contribution in [0.2, 0.25) is 0 Å². The molecule has 6 nitrogen and oxygen atoms in total. The van der Waals surface area contributed by atoms with Crippen molar-refractivity contribution < 1.29 is 14.7 Å². The van der Waals surface area contributed by atoms with Gasteiger partial charge in [0, 0.05) is 12.6 Å². The first-order valence-corrected chi connectivity index (χ1v) is 4.47. The van der Waals surface area contributed by atoms with Gasteiger partial charge >= 0.3 is 11.7 Å². The van der Waals surface area contributed by atoms with E-state index in [1.807, 2.05) is 0 Å². The molecule has 2 aromatic rings. The maximum Gasteiger partial charge on any atom is 0.377 e. The lowest BCUT2D eigenvalue weighted by molar-refractivity contribution is -0.131. The van der Waals surface area contributed by atoms with Gasteiger partial charge in [0.2, 0.25) is 0 Å². The van der Waals surface area contributed by atoms with Crippen molar-refractivity contribution >= 4 is 22.8 Å². The lowest BCUT2D eigenvalue weighted by atomic mass is 10.1. The standard InChI is InChI=1S/C10H8N2O4/c1-12-7-3-2-5(8(13)9(14)15)4-6(7)11-10(12)16/h2-4H,1H3,(H,11,16)(H,14,15). The molecule has 1 aromatic carbocycles. The molecule has 0 bridgehead atoms. The van der Waals surface area contributed by atoms with E-state index in [9.17, 15) is 14.4 Å². The molecule has 0 aliphatic rings. The van der Waals surface area contributed by atoms with E-state index in [1.165, 1.54) is 22.8 Å². The van der Waals surface area contributed by atoms with E-state index in [0.29, 0.717) is 11.0 Å². The van der Waals surface area contributed by atoms with Gasteiger partial charge in [-0.3, -0.25) is 9.36 Å². The Balaban J connectivity index is 2.66. The first-order valence-electron chi connectivity index (χ1n) is 4.47. The number of carbonyl (C=O) groups excluding carboxylic acids is 1. The number of aromatic amines is 1. The lowest BCUT2D eigenvalue weighted by Crippen LogP contribution is -2.12. The third kappa shape index (κ3) is 1.40. The van der Waals surface area contributed by atoms with Crippen molar-refractivity contribution in [2.24, 2.45) is 7.05 Å². The number of fused-ring (bicyclic) bond motifs is 1. The number of aliphatic carboxylic acids is 1. The Morgan fingerprint density at radius 2 is 2.06 bits per heavy atom. The quantitative estimate of drug-likeness (QED) is 0.556. The molecule has 0 spiro atoms. The summed E-state index contributed by atoms with van der Waals surface area (Å²) < 4.78 is 1.38. The smallest absolute Gasteiger partial charge is 0.377 e. The van der Waals surface area contributed by atoms with Crippen molar-refractivity contribution in [2.75, 3.05) is 0 Å². The van der Waals surface area contributed by atoms with Crippen LogP contribution in [-0.2, 0) is 11.8 Å². The lowest BCUT2D eigenvalue weighted by Gasteiger charge is -1.97. The average molecular weight is 220 g/mol. The number of hydrogen-bond acceptors (Lipinski definition) is 3. The summed E-state index contributed by atoms with van der Waals surface area (Å²) in [5, 5.41) is 8.54. The van der Waals surface area contributed by atoms with Gasteiger partial charge in [-0.2, -0.15) is 0 Å². The topological polar surface area (TPSA) is 92.2 Å². The van der Waals surface area contributed by atoms with Gasteiger partial charge in [-0.15, -0.1) is 0 Å². The molecular formula is C10H8N2O4. The van der Waals surface area contributed by atoms with Crippen molar-refractivity contribution in [3.05, 3.63) is 34.2 Å². The van der Waals surface area contributed by atoms with Gasteiger partial charge in [0.15, 0.2) is 0 Å². The molecular weight excluding hydrogens is 212 g/mol. The fraction of sp³-hybridized carbons (Fsp3) is 0.100. The molecule has 6 heteroatoms. The van der Waals surface area contributed by atoms with Crippen molar-refractivity contribution in [3.8, 4) is 0 Å². The summed E-state index contributed by atoms with van der Waals surface area (Å²) in [6.45, 7) is 0. The van der Waals surface area contributed by atoms with Gasteiger partial charge in [0.25, 0.3) is 5.78 Å². The van der Waals surface area contributed by atoms with Crippen molar-refractivity contribution in [1.82, 2.24) is 9.55 Å². The summed E-state index contributed by atoms with van der Waals surface area (Å²) in [4.78, 5) is 35.4. The van der Waals surface area contributed by atoms with Crippen LogP contribution in [0, 0.1) is 0 Å². The number of carboxylic acid groups (broad SMARTS) is 1. The third-order valence-corrected chi connectivity index (χ3v) is 2.36. The van der Waals surface area contributed by atoms with Crippen LogP contribution in [-0.4, -0.2) is 26.4 Å². The minimum atomic E-state index is -1.52. The van der Waals surface area contributed by atoms with Crippen LogP contribution in [0.25, 0.3) is 11.0 Å². The molecule has 1 heterocycles. The maximum atomic E-state index is 11.3. The van der Waals surface area contributed by atoms with E-state index in [2.05, 4.69) is 4.98 Å². The fourth-order valence-corrected chi connectivity index (χ4v) is 1.50. The molecule has 0 saturated carbocycles. The maximum absolute atomic E-state index is 11.3. The Morgan fingerprint density at radius 1 is 1.38 bits per heavy atom. The van der Waals surface area contributed by atoms with Gasteiger partial charge in [0.1, 0.15) is 0 Å². The summed E-state index contributed by atoms with van der Waals surface area (Å²) in [6.07, 6.45) is 0. The van der Waals surface area contributed by atoms with Crippen LogP contribution in [0.15, 0.2) is 23.0 Å². The summed E-state index contributed by atoms with van der Waals surface area (Å²) in [6, 6.07) is 4.27. The largest absolute Gasteiger partial charge is 0.475 e. The third-order valence-electron chi connectivity index (χ3n) is 2.36. The number of ketones is 1. The van der Waals surface area contributed by atoms with Crippen LogP contribution < -0.4 is 5.69 Å². The molecule has 2 N–H and O–H groups in total. The number of H-pyrrole nitrogens is 1. The number of imidazole rings is 1. The highest BCUT2D eigenvalue weighted by atomic mass is 16.4. The Kier molecular flexibility index (Phi) is 2.12. The summed E-state index contributed by atoms with van der Waals surface area (Å²) in [5.41, 5.74) is 0.795. The second-order valence-electron chi connectivity index (χ2n) is 3.36. The zero-order chi connectivity index (χ0) is 11.9. The molecule has 0 aliphatic heterocycles. The second kappa shape index (κ2) is 3.34. The molecule has 2 rings (SSSR count). The molecule has 0 aliphatic carbocycles. The Hall–Kier alpha value is -2.37. The van der Waals surface area contributed by atoms with Crippen molar-refractivity contribution in [1.29, 1.82) is 0 Å². The summed E-state index contributed by atoms with van der Waals surface area (Å²) in [5.74, 6) is -2.51. The second-order valence-corrected chi connectivity index (χ2v) is 3.36. The minimum absolute atomic E-state index is 0.0434. The Bertz CT molecular complexity index is 650. The van der Waals surface area contributed by atoms with Gasteiger partial charge < -0.3 is 10.1 Å². The Morgan fingerprint density at radius 3 is 2.69 bits per heavy atom. The molecule has 0 amide bonds. The molecule has 82 valence electrons. The monoisotopic (exact) mass is 220 g/mol. The SMILES string of the molecule is Cn1c(=O)[nH]c2cc(C(=O)C(=O)O)ccc21. The molecule has 0 atom stereocenters. The number of nitrogens with zero attached hydrogens (tertiary/aromatic N) is 1. The minimum Gasteiger partial charge on any atom is -0.475 e. The summed E-state index contributed by atoms with van der Waals surface area (Å²) in [7, 11) is 1.58. The van der Waals surface area contributed by atoms with Crippen molar-refractivity contribution in [3.63, 3.8) is 0 Å². The number of hydrogen-bond donors (Lipinski definition) is 2. The zero-order valence-electron chi connectivity index (χ0n) is 8.35. The number of carbonyl (C=O) groups is 2. The van der Waals surface area contributed by atoms with Crippen molar-refractivity contribution in [2.45, 2.75) is 0 Å². The van der Waals surface area contributed by atoms with Crippen LogP contribution >= 0.6 is 0 Å². The first-order chi connectivity index (χ1) is 7.50. The van der Waals surface area contributed by atoms with Crippen LogP contribution in [0.5, 0.6) is 0 Å². The molecule has 0 unspecified atom stereocenters. The van der Waals surface area contributed by atoms with Crippen LogP contribution in [0.1, 0.15) is 10.4 Å². The molecule has 0 radical (unpaired) electrons. The molecule has 0 saturated heterocycles. The van der Waals surface area contributed by atoms with E-state index in [4.69, 9.17) is 5.11 Å². The number of carboxylic acids is 1. The number of aryl methyl sites for hydroxylation is 1. The van der Waals surface area contributed by atoms with Gasteiger partial charge in [0.05, 0.1) is 11.0 Å². The predicted octanol–water partition coefficient (Wildman–Crippen LogP) is 0.134. The first kappa shape index (κ1) is 10.2. The van der Waals surface area contributed by atoms with E-state index in [0.717, 1.165) is 0 Å².